The average molecular weight is 422 g/mol. The number of ether oxygens (including phenoxy) is 4. The number of hydrogen-bond acceptors (Lipinski definition) is 7. The topological polar surface area (TPSA) is 112 Å². The standard InChI is InChI=1S/C19H16F2N2O7/c1-27-13-5-3-2-4-12(13)18(26)22-9-17(25)28-10-16(24)23-11-6-7-14-15(8-11)30-19(20,21)29-14/h2-8H,9-10H2,1H3,(H,22,26)(H,23,24). The fraction of sp³-hybridized carbons (Fsp3) is 0.211. The number of hydrogen-bond donors (Lipinski definition) is 2. The molecule has 0 radical (unpaired) electrons. The van der Waals surface area contributed by atoms with Crippen molar-refractivity contribution in [1.29, 1.82) is 0 Å². The number of anilines is 1. The third-order valence-corrected chi connectivity index (χ3v) is 3.79. The van der Waals surface area contributed by atoms with Crippen LogP contribution in [0.25, 0.3) is 0 Å². The Labute approximate surface area is 168 Å². The molecule has 158 valence electrons. The molecule has 2 aromatic carbocycles. The molecule has 0 aromatic heterocycles. The second-order valence-corrected chi connectivity index (χ2v) is 5.92. The maximum absolute atomic E-state index is 13.0. The minimum Gasteiger partial charge on any atom is -0.496 e. The van der Waals surface area contributed by atoms with Crippen LogP contribution in [-0.2, 0) is 14.3 Å². The summed E-state index contributed by atoms with van der Waals surface area (Å²) < 4.78 is 44.3. The van der Waals surface area contributed by atoms with Crippen LogP contribution in [0.2, 0.25) is 0 Å². The molecule has 2 N–H and O–H groups in total. The highest BCUT2D eigenvalue weighted by molar-refractivity contribution is 5.98. The number of carbonyl (C=O) groups excluding carboxylic acids is 3. The first-order valence-electron chi connectivity index (χ1n) is 8.54. The molecule has 3 rings (SSSR count). The number of fused-ring (bicyclic) bond motifs is 1. The van der Waals surface area contributed by atoms with Gasteiger partial charge >= 0.3 is 12.3 Å². The smallest absolute Gasteiger partial charge is 0.496 e. The maximum Gasteiger partial charge on any atom is 0.586 e. The summed E-state index contributed by atoms with van der Waals surface area (Å²) >= 11 is 0. The van der Waals surface area contributed by atoms with Crippen molar-refractivity contribution in [3.63, 3.8) is 0 Å². The number of nitrogens with one attached hydrogen (secondary N) is 2. The van der Waals surface area contributed by atoms with Gasteiger partial charge in [0.05, 0.1) is 12.7 Å². The Kier molecular flexibility index (Phi) is 6.00. The summed E-state index contributed by atoms with van der Waals surface area (Å²) in [6.07, 6.45) is -3.77. The highest BCUT2D eigenvalue weighted by Gasteiger charge is 2.43. The van der Waals surface area contributed by atoms with Crippen LogP contribution >= 0.6 is 0 Å². The van der Waals surface area contributed by atoms with Crippen LogP contribution in [-0.4, -0.2) is 44.3 Å². The number of para-hydroxylation sites is 1. The van der Waals surface area contributed by atoms with Crippen LogP contribution in [0.1, 0.15) is 10.4 Å². The van der Waals surface area contributed by atoms with E-state index in [1.807, 2.05) is 0 Å². The Hall–Kier alpha value is -3.89. The van der Waals surface area contributed by atoms with E-state index < -0.39 is 37.2 Å². The van der Waals surface area contributed by atoms with Crippen LogP contribution in [0, 0.1) is 0 Å². The van der Waals surface area contributed by atoms with E-state index in [9.17, 15) is 23.2 Å². The van der Waals surface area contributed by atoms with Crippen LogP contribution in [0.3, 0.4) is 0 Å². The number of methoxy groups -OCH3 is 1. The molecule has 1 heterocycles. The third kappa shape index (κ3) is 5.13. The summed E-state index contributed by atoms with van der Waals surface area (Å²) in [6, 6.07) is 10.1. The highest BCUT2D eigenvalue weighted by Crippen LogP contribution is 2.42. The molecule has 1 aliphatic heterocycles. The monoisotopic (exact) mass is 422 g/mol. The Balaban J connectivity index is 1.44. The molecule has 0 bridgehead atoms. The molecule has 30 heavy (non-hydrogen) atoms. The predicted octanol–water partition coefficient (Wildman–Crippen LogP) is 1.93. The van der Waals surface area contributed by atoms with Crippen molar-refractivity contribution >= 4 is 23.5 Å². The first-order chi connectivity index (χ1) is 14.3. The minimum absolute atomic E-state index is 0.139. The summed E-state index contributed by atoms with van der Waals surface area (Å²) in [6.45, 7) is -1.11. The van der Waals surface area contributed by atoms with Crippen molar-refractivity contribution in [2.24, 2.45) is 0 Å². The first-order valence-corrected chi connectivity index (χ1v) is 8.54. The lowest BCUT2D eigenvalue weighted by Gasteiger charge is -2.09. The summed E-state index contributed by atoms with van der Waals surface area (Å²) in [5.41, 5.74) is 0.375. The second-order valence-electron chi connectivity index (χ2n) is 5.92. The molecule has 0 unspecified atom stereocenters. The normalized spacial score (nSPS) is 13.3. The highest BCUT2D eigenvalue weighted by atomic mass is 19.3. The average Bonchev–Trinajstić information content (AvgIpc) is 3.03. The Morgan fingerprint density at radius 1 is 1.07 bits per heavy atom. The molecule has 9 nitrogen and oxygen atoms in total. The Bertz CT molecular complexity index is 981. The summed E-state index contributed by atoms with van der Waals surface area (Å²) in [4.78, 5) is 35.7. The molecular weight excluding hydrogens is 406 g/mol. The van der Waals surface area contributed by atoms with Gasteiger partial charge in [0.2, 0.25) is 0 Å². The third-order valence-electron chi connectivity index (χ3n) is 3.79. The van der Waals surface area contributed by atoms with Gasteiger partial charge in [-0.05, 0) is 24.3 Å². The fourth-order valence-corrected chi connectivity index (χ4v) is 2.50. The summed E-state index contributed by atoms with van der Waals surface area (Å²) in [5, 5.41) is 4.72. The van der Waals surface area contributed by atoms with Gasteiger partial charge in [0.15, 0.2) is 18.1 Å². The number of amides is 2. The van der Waals surface area contributed by atoms with Gasteiger partial charge in [-0.25, -0.2) is 0 Å². The molecule has 0 spiro atoms. The van der Waals surface area contributed by atoms with Gasteiger partial charge in [-0.2, -0.15) is 0 Å². The molecule has 0 fully saturated rings. The summed E-state index contributed by atoms with van der Waals surface area (Å²) in [5.74, 6) is -2.19. The van der Waals surface area contributed by atoms with Gasteiger partial charge in [0, 0.05) is 11.8 Å². The second kappa shape index (κ2) is 8.64. The van der Waals surface area contributed by atoms with Gasteiger partial charge < -0.3 is 29.6 Å². The van der Waals surface area contributed by atoms with E-state index in [-0.39, 0.29) is 22.7 Å². The lowest BCUT2D eigenvalue weighted by atomic mass is 10.2. The SMILES string of the molecule is COc1ccccc1C(=O)NCC(=O)OCC(=O)Nc1ccc2c(c1)OC(F)(F)O2. The van der Waals surface area contributed by atoms with E-state index >= 15 is 0 Å². The maximum atomic E-state index is 13.0. The number of alkyl halides is 2. The molecule has 2 amide bonds. The fourth-order valence-electron chi connectivity index (χ4n) is 2.50. The molecule has 0 saturated carbocycles. The molecular formula is C19H16F2N2O7. The van der Waals surface area contributed by atoms with E-state index in [0.29, 0.717) is 5.75 Å². The molecule has 2 aromatic rings. The van der Waals surface area contributed by atoms with Crippen molar-refractivity contribution in [3.8, 4) is 17.2 Å². The molecule has 1 aliphatic rings. The summed E-state index contributed by atoms with van der Waals surface area (Å²) in [7, 11) is 1.41. The number of carbonyl (C=O) groups is 3. The lowest BCUT2D eigenvalue weighted by Crippen LogP contribution is -2.32. The predicted molar refractivity (Wildman–Crippen MR) is 97.6 cm³/mol. The van der Waals surface area contributed by atoms with E-state index in [1.54, 1.807) is 18.2 Å². The van der Waals surface area contributed by atoms with E-state index in [0.717, 1.165) is 6.07 Å². The van der Waals surface area contributed by atoms with Gasteiger partial charge in [-0.15, -0.1) is 8.78 Å². The van der Waals surface area contributed by atoms with Gasteiger partial charge in [-0.3, -0.25) is 14.4 Å². The van der Waals surface area contributed by atoms with Crippen LogP contribution < -0.4 is 24.8 Å². The number of halogens is 2. The van der Waals surface area contributed by atoms with Gasteiger partial charge in [-0.1, -0.05) is 12.1 Å². The number of rotatable bonds is 7. The van der Waals surface area contributed by atoms with E-state index in [4.69, 9.17) is 9.47 Å². The molecule has 0 aliphatic carbocycles. The van der Waals surface area contributed by atoms with Gasteiger partial charge in [0.25, 0.3) is 11.8 Å². The number of esters is 1. The zero-order chi connectivity index (χ0) is 21.7. The van der Waals surface area contributed by atoms with Crippen LogP contribution in [0.5, 0.6) is 17.2 Å². The van der Waals surface area contributed by atoms with Crippen molar-refractivity contribution in [2.75, 3.05) is 25.6 Å². The molecule has 11 heteroatoms. The van der Waals surface area contributed by atoms with Crippen LogP contribution in [0.4, 0.5) is 14.5 Å². The van der Waals surface area contributed by atoms with E-state index in [2.05, 4.69) is 20.1 Å². The van der Waals surface area contributed by atoms with E-state index in [1.165, 1.54) is 25.3 Å². The van der Waals surface area contributed by atoms with Crippen molar-refractivity contribution in [2.45, 2.75) is 6.29 Å². The number of benzene rings is 2. The lowest BCUT2D eigenvalue weighted by molar-refractivity contribution is -0.286. The molecule has 0 atom stereocenters. The zero-order valence-corrected chi connectivity index (χ0v) is 15.6. The van der Waals surface area contributed by atoms with Crippen molar-refractivity contribution < 1.29 is 42.1 Å². The van der Waals surface area contributed by atoms with Crippen molar-refractivity contribution in [3.05, 3.63) is 48.0 Å². The zero-order valence-electron chi connectivity index (χ0n) is 15.6. The largest absolute Gasteiger partial charge is 0.586 e. The first kappa shape index (κ1) is 20.8. The van der Waals surface area contributed by atoms with Crippen LogP contribution in [0.15, 0.2) is 42.5 Å². The Morgan fingerprint density at radius 3 is 2.57 bits per heavy atom. The Morgan fingerprint density at radius 2 is 1.80 bits per heavy atom. The van der Waals surface area contributed by atoms with Crippen molar-refractivity contribution in [1.82, 2.24) is 5.32 Å². The molecule has 0 saturated heterocycles. The quantitative estimate of drug-likeness (QED) is 0.656. The van der Waals surface area contributed by atoms with Gasteiger partial charge in [0.1, 0.15) is 12.3 Å². The minimum atomic E-state index is -3.77.